The Morgan fingerprint density at radius 2 is 1.50 bits per heavy atom. The third-order valence-corrected chi connectivity index (χ3v) is 1.97. The van der Waals surface area contributed by atoms with Crippen molar-refractivity contribution in [1.29, 1.82) is 0 Å². The van der Waals surface area contributed by atoms with E-state index in [1.807, 2.05) is 29.2 Å². The SMILES string of the molecule is CC(C)(C)c1ccc(CF)cc1.CI. The van der Waals surface area contributed by atoms with Gasteiger partial charge < -0.3 is 0 Å². The summed E-state index contributed by atoms with van der Waals surface area (Å²) in [7, 11) is 0. The minimum atomic E-state index is -0.371. The molecule has 80 valence electrons. The van der Waals surface area contributed by atoms with Crippen LogP contribution < -0.4 is 0 Å². The van der Waals surface area contributed by atoms with E-state index in [1.54, 1.807) is 0 Å². The first-order valence-corrected chi connectivity index (χ1v) is 6.73. The minimum absolute atomic E-state index is 0.162. The molecule has 1 aromatic carbocycles. The number of halogens is 2. The maximum atomic E-state index is 12.2. The number of benzene rings is 1. The van der Waals surface area contributed by atoms with E-state index in [1.165, 1.54) is 5.56 Å². The van der Waals surface area contributed by atoms with Crippen LogP contribution in [0.2, 0.25) is 0 Å². The van der Waals surface area contributed by atoms with E-state index in [2.05, 4.69) is 43.4 Å². The van der Waals surface area contributed by atoms with Gasteiger partial charge in [-0.15, -0.1) is 0 Å². The van der Waals surface area contributed by atoms with Crippen molar-refractivity contribution in [2.45, 2.75) is 32.9 Å². The Morgan fingerprint density at radius 3 is 1.79 bits per heavy atom. The molecule has 0 nitrogen and oxygen atoms in total. The van der Waals surface area contributed by atoms with Gasteiger partial charge in [-0.3, -0.25) is 0 Å². The second-order valence-corrected chi connectivity index (χ2v) is 4.08. The van der Waals surface area contributed by atoms with Gasteiger partial charge in [0.15, 0.2) is 0 Å². The topological polar surface area (TPSA) is 0 Å². The number of rotatable bonds is 1. The van der Waals surface area contributed by atoms with Crippen LogP contribution in [-0.4, -0.2) is 4.93 Å². The Morgan fingerprint density at radius 1 is 1.07 bits per heavy atom. The zero-order valence-electron chi connectivity index (χ0n) is 9.27. The zero-order valence-corrected chi connectivity index (χ0v) is 11.4. The Kier molecular flexibility index (Phi) is 6.33. The van der Waals surface area contributed by atoms with Crippen LogP contribution in [0.3, 0.4) is 0 Å². The van der Waals surface area contributed by atoms with Gasteiger partial charge >= 0.3 is 0 Å². The highest BCUT2D eigenvalue weighted by Gasteiger charge is 2.12. The van der Waals surface area contributed by atoms with Crippen LogP contribution >= 0.6 is 22.6 Å². The molecule has 0 fully saturated rings. The van der Waals surface area contributed by atoms with Crippen LogP contribution in [0.4, 0.5) is 4.39 Å². The van der Waals surface area contributed by atoms with Crippen LogP contribution in [-0.2, 0) is 12.1 Å². The van der Waals surface area contributed by atoms with Crippen molar-refractivity contribution in [2.75, 3.05) is 4.93 Å². The molecule has 0 atom stereocenters. The van der Waals surface area contributed by atoms with Crippen molar-refractivity contribution < 1.29 is 4.39 Å². The molecule has 0 amide bonds. The van der Waals surface area contributed by atoms with Crippen molar-refractivity contribution in [2.24, 2.45) is 0 Å². The monoisotopic (exact) mass is 308 g/mol. The molecule has 0 saturated heterocycles. The zero-order chi connectivity index (χ0) is 11.2. The molecule has 0 heterocycles. The fraction of sp³-hybridized carbons (Fsp3) is 0.500. The van der Waals surface area contributed by atoms with Crippen LogP contribution in [0.25, 0.3) is 0 Å². The van der Waals surface area contributed by atoms with E-state index in [0.29, 0.717) is 0 Å². The van der Waals surface area contributed by atoms with Crippen molar-refractivity contribution >= 4 is 22.6 Å². The molecule has 1 rings (SSSR count). The summed E-state index contributed by atoms with van der Waals surface area (Å²) in [6.45, 7) is 6.08. The summed E-state index contributed by atoms with van der Waals surface area (Å²) < 4.78 is 12.2. The highest BCUT2D eigenvalue weighted by atomic mass is 127. The Labute approximate surface area is 100 Å². The third-order valence-electron chi connectivity index (χ3n) is 1.97. The number of alkyl halides is 2. The summed E-state index contributed by atoms with van der Waals surface area (Å²) >= 11 is 2.15. The van der Waals surface area contributed by atoms with E-state index in [4.69, 9.17) is 0 Å². The van der Waals surface area contributed by atoms with E-state index in [-0.39, 0.29) is 12.1 Å². The lowest BCUT2D eigenvalue weighted by Crippen LogP contribution is -2.10. The highest BCUT2D eigenvalue weighted by molar-refractivity contribution is 14.1. The first kappa shape index (κ1) is 13.9. The number of hydrogen-bond acceptors (Lipinski definition) is 0. The van der Waals surface area contributed by atoms with Gasteiger partial charge in [-0.1, -0.05) is 67.6 Å². The smallest absolute Gasteiger partial charge is 0.115 e. The van der Waals surface area contributed by atoms with E-state index in [0.717, 1.165) is 5.56 Å². The van der Waals surface area contributed by atoms with Crippen LogP contribution in [0.15, 0.2) is 24.3 Å². The molecule has 0 bridgehead atoms. The highest BCUT2D eigenvalue weighted by Crippen LogP contribution is 2.22. The van der Waals surface area contributed by atoms with Gasteiger partial charge in [-0.25, -0.2) is 4.39 Å². The molecule has 0 unspecified atom stereocenters. The van der Waals surface area contributed by atoms with E-state index in [9.17, 15) is 4.39 Å². The van der Waals surface area contributed by atoms with Gasteiger partial charge in [0.1, 0.15) is 6.67 Å². The summed E-state index contributed by atoms with van der Waals surface area (Å²) in [5, 5.41) is 0. The summed E-state index contributed by atoms with van der Waals surface area (Å²) in [5.74, 6) is 0. The molecule has 2 heteroatoms. The second kappa shape index (κ2) is 6.38. The van der Waals surface area contributed by atoms with Crippen molar-refractivity contribution in [3.05, 3.63) is 35.4 Å². The molecule has 0 aliphatic rings. The standard InChI is InChI=1S/C11H15F.CH3I/c1-11(2,3)10-6-4-9(8-12)5-7-10;1-2/h4-7H,8H2,1-3H3;1H3. The summed E-state index contributed by atoms with van der Waals surface area (Å²) in [6.07, 6.45) is 0. The number of hydrogen-bond donors (Lipinski definition) is 0. The maximum absolute atomic E-state index is 12.2. The summed E-state index contributed by atoms with van der Waals surface area (Å²) in [6, 6.07) is 7.69. The minimum Gasteiger partial charge on any atom is -0.246 e. The molecule has 0 N–H and O–H groups in total. The van der Waals surface area contributed by atoms with E-state index < -0.39 is 0 Å². The Balaban J connectivity index is 0.000000791. The Hall–Kier alpha value is -0.120. The van der Waals surface area contributed by atoms with Crippen LogP contribution in [0, 0.1) is 0 Å². The second-order valence-electron chi connectivity index (χ2n) is 4.08. The molecule has 0 saturated carbocycles. The molecule has 0 radical (unpaired) electrons. The van der Waals surface area contributed by atoms with E-state index >= 15 is 0 Å². The fourth-order valence-electron chi connectivity index (χ4n) is 1.09. The lowest BCUT2D eigenvalue weighted by atomic mass is 9.87. The first-order valence-electron chi connectivity index (χ1n) is 4.57. The van der Waals surface area contributed by atoms with Gasteiger partial charge in [0.25, 0.3) is 0 Å². The molecule has 0 aliphatic heterocycles. The first-order chi connectivity index (χ1) is 6.54. The average Bonchev–Trinajstić information content (AvgIpc) is 2.20. The predicted molar refractivity (Wildman–Crippen MR) is 69.9 cm³/mol. The van der Waals surface area contributed by atoms with Gasteiger partial charge in [0, 0.05) is 0 Å². The molecule has 14 heavy (non-hydrogen) atoms. The lowest BCUT2D eigenvalue weighted by molar-refractivity contribution is 0.484. The Bertz CT molecular complexity index is 246. The van der Waals surface area contributed by atoms with Crippen molar-refractivity contribution in [3.63, 3.8) is 0 Å². The fourth-order valence-corrected chi connectivity index (χ4v) is 1.09. The third kappa shape index (κ3) is 4.40. The summed E-state index contributed by atoms with van der Waals surface area (Å²) in [4.78, 5) is 1.97. The normalized spacial score (nSPS) is 10.4. The average molecular weight is 308 g/mol. The molecule has 0 aliphatic carbocycles. The summed E-state index contributed by atoms with van der Waals surface area (Å²) in [5.41, 5.74) is 2.16. The van der Waals surface area contributed by atoms with Gasteiger partial charge in [0.05, 0.1) is 0 Å². The maximum Gasteiger partial charge on any atom is 0.115 e. The van der Waals surface area contributed by atoms with Gasteiger partial charge in [-0.05, 0) is 21.5 Å². The van der Waals surface area contributed by atoms with Gasteiger partial charge in [0.2, 0.25) is 0 Å². The quantitative estimate of drug-likeness (QED) is 0.529. The van der Waals surface area contributed by atoms with Crippen LogP contribution in [0.5, 0.6) is 0 Å². The van der Waals surface area contributed by atoms with Crippen molar-refractivity contribution in [1.82, 2.24) is 0 Å². The molecule has 0 spiro atoms. The largest absolute Gasteiger partial charge is 0.246 e. The molecular formula is C12H18FI. The van der Waals surface area contributed by atoms with Gasteiger partial charge in [-0.2, -0.15) is 0 Å². The molecule has 0 aromatic heterocycles. The molecule has 1 aromatic rings. The lowest BCUT2D eigenvalue weighted by Gasteiger charge is -2.18. The van der Waals surface area contributed by atoms with Crippen molar-refractivity contribution in [3.8, 4) is 0 Å². The molecular weight excluding hydrogens is 290 g/mol. The predicted octanol–water partition coefficient (Wildman–Crippen LogP) is 4.50. The van der Waals surface area contributed by atoms with Crippen LogP contribution in [0.1, 0.15) is 31.9 Å².